The van der Waals surface area contributed by atoms with E-state index in [0.717, 1.165) is 43.0 Å². The smallest absolute Gasteiger partial charge is 0.317 e. The highest BCUT2D eigenvalue weighted by Gasteiger charge is 2.19. The molecule has 198 valence electrons. The van der Waals surface area contributed by atoms with Crippen molar-refractivity contribution in [2.24, 2.45) is 15.7 Å². The number of pyridine rings is 1. The summed E-state index contributed by atoms with van der Waals surface area (Å²) in [5, 5.41) is 15.1. The summed E-state index contributed by atoms with van der Waals surface area (Å²) in [5.74, 6) is -0.334. The average molecular weight is 511 g/mol. The molecule has 0 aliphatic carbocycles. The van der Waals surface area contributed by atoms with Gasteiger partial charge in [0.05, 0.1) is 17.9 Å². The van der Waals surface area contributed by atoms with Crippen molar-refractivity contribution in [3.8, 4) is 0 Å². The Morgan fingerprint density at radius 1 is 1.24 bits per heavy atom. The van der Waals surface area contributed by atoms with Gasteiger partial charge in [0.1, 0.15) is 11.6 Å². The zero-order valence-electron chi connectivity index (χ0n) is 21.2. The molecular formula is C26H35FN8O2. The molecule has 0 radical (unpaired) electrons. The second-order valence-electron chi connectivity index (χ2n) is 8.65. The molecule has 1 aliphatic rings. The third kappa shape index (κ3) is 8.74. The monoisotopic (exact) mass is 510 g/mol. The first-order valence-corrected chi connectivity index (χ1v) is 12.3. The van der Waals surface area contributed by atoms with Crippen molar-refractivity contribution in [2.45, 2.75) is 19.9 Å². The van der Waals surface area contributed by atoms with Crippen molar-refractivity contribution in [3.63, 3.8) is 0 Å². The van der Waals surface area contributed by atoms with Crippen molar-refractivity contribution >= 4 is 35.8 Å². The number of halogens is 1. The molecule has 0 spiro atoms. The summed E-state index contributed by atoms with van der Waals surface area (Å²) < 4.78 is 14.6. The number of benzene rings is 1. The number of nitrogens with two attached hydrogens (primary N) is 1. The van der Waals surface area contributed by atoms with Crippen LogP contribution in [0.5, 0.6) is 0 Å². The lowest BCUT2D eigenvalue weighted by atomic mass is 10.1. The molecule has 0 atom stereocenters. The molecule has 1 saturated heterocycles. The molecule has 5 N–H and O–H groups in total. The van der Waals surface area contributed by atoms with Crippen LogP contribution < -0.4 is 16.4 Å². The van der Waals surface area contributed by atoms with Gasteiger partial charge in [0.15, 0.2) is 0 Å². The van der Waals surface area contributed by atoms with Crippen LogP contribution in [0.15, 0.2) is 52.6 Å². The number of allylic oxidation sites excluding steroid dienone is 1. The minimum atomic E-state index is -0.819. The van der Waals surface area contributed by atoms with Crippen molar-refractivity contribution in [2.75, 3.05) is 56.4 Å². The first-order valence-electron chi connectivity index (χ1n) is 12.3. The first-order chi connectivity index (χ1) is 17.9. The molecule has 2 aromatic rings. The number of nitrogens with zero attached hydrogens (tertiary/aromatic N) is 5. The van der Waals surface area contributed by atoms with Crippen LogP contribution in [0, 0.1) is 5.82 Å². The van der Waals surface area contributed by atoms with Crippen molar-refractivity contribution in [1.29, 1.82) is 0 Å². The summed E-state index contributed by atoms with van der Waals surface area (Å²) in [4.78, 5) is 27.9. The van der Waals surface area contributed by atoms with E-state index in [1.807, 2.05) is 30.0 Å². The lowest BCUT2D eigenvalue weighted by Gasteiger charge is -2.33. The Hall–Kier alpha value is -3.67. The van der Waals surface area contributed by atoms with Crippen LogP contribution in [-0.4, -0.2) is 84.3 Å². The van der Waals surface area contributed by atoms with E-state index in [1.165, 1.54) is 6.07 Å². The second kappa shape index (κ2) is 14.2. The molecule has 1 fully saturated rings. The fraction of sp³-hybridized carbons (Fsp3) is 0.385. The molecule has 37 heavy (non-hydrogen) atoms. The number of carboxylic acids is 1. The predicted octanol–water partition coefficient (Wildman–Crippen LogP) is 2.71. The Morgan fingerprint density at radius 2 is 2.00 bits per heavy atom. The van der Waals surface area contributed by atoms with Crippen LogP contribution in [0.2, 0.25) is 0 Å². The van der Waals surface area contributed by atoms with Crippen LogP contribution in [0.4, 0.5) is 15.9 Å². The minimum Gasteiger partial charge on any atom is -0.480 e. The van der Waals surface area contributed by atoms with Gasteiger partial charge in [0.2, 0.25) is 5.96 Å². The normalized spacial score (nSPS) is 15.4. The maximum Gasteiger partial charge on any atom is 0.317 e. The largest absolute Gasteiger partial charge is 0.480 e. The van der Waals surface area contributed by atoms with Crippen LogP contribution in [0.1, 0.15) is 24.5 Å². The Morgan fingerprint density at radius 3 is 2.62 bits per heavy atom. The number of carbonyl (C=O) groups is 1. The number of rotatable bonds is 11. The molecular weight excluding hydrogens is 475 g/mol. The van der Waals surface area contributed by atoms with E-state index in [-0.39, 0.29) is 18.2 Å². The van der Waals surface area contributed by atoms with E-state index >= 15 is 0 Å². The summed E-state index contributed by atoms with van der Waals surface area (Å²) >= 11 is 0. The SMILES string of the molecule is C=NC(=N/C(=C\C)c1ccc(NCCCN)nc1)Nc1cc(CN2CCN(CC(=O)O)CC2)ccc1F. The fourth-order valence-corrected chi connectivity index (χ4v) is 3.92. The number of aliphatic carboxylic acids is 1. The topological polar surface area (TPSA) is 131 Å². The summed E-state index contributed by atoms with van der Waals surface area (Å²) in [6.45, 7) is 10.3. The number of hydrogen-bond acceptors (Lipinski definition) is 7. The van der Waals surface area contributed by atoms with Gasteiger partial charge in [-0.15, -0.1) is 0 Å². The standard InChI is InChI=1S/C26H35FN8O2/c1-3-22(20-6-8-24(31-16-20)30-10-4-9-28)32-26(29-2)33-23-15-19(5-7-21(23)27)17-34-11-13-35(14-12-34)18-25(36)37/h3,5-8,15-16H,2,4,9-14,17-18,28H2,1H3,(H,30,31)(H,32,33)(H,36,37)/b22-3-. The molecule has 0 saturated carbocycles. The summed E-state index contributed by atoms with van der Waals surface area (Å²) in [6.07, 6.45) is 4.39. The van der Waals surface area contributed by atoms with Gasteiger partial charge >= 0.3 is 5.97 Å². The quantitative estimate of drug-likeness (QED) is 0.206. The number of hydrogen-bond donors (Lipinski definition) is 4. The van der Waals surface area contributed by atoms with E-state index in [4.69, 9.17) is 10.8 Å². The molecule has 1 aromatic heterocycles. The Bertz CT molecular complexity index is 1110. The molecule has 0 amide bonds. The summed E-state index contributed by atoms with van der Waals surface area (Å²) in [5.41, 5.74) is 8.10. The third-order valence-corrected chi connectivity index (χ3v) is 5.90. The van der Waals surface area contributed by atoms with Crippen molar-refractivity contribution < 1.29 is 14.3 Å². The lowest BCUT2D eigenvalue weighted by Crippen LogP contribution is -2.47. The zero-order valence-corrected chi connectivity index (χ0v) is 21.2. The Balaban J connectivity index is 1.66. The van der Waals surface area contributed by atoms with Gasteiger partial charge in [-0.05, 0) is 56.4 Å². The van der Waals surface area contributed by atoms with E-state index < -0.39 is 11.8 Å². The average Bonchev–Trinajstić information content (AvgIpc) is 2.90. The van der Waals surface area contributed by atoms with Gasteiger partial charge in [0, 0.05) is 51.0 Å². The maximum atomic E-state index is 14.6. The van der Waals surface area contributed by atoms with Crippen LogP contribution in [0.3, 0.4) is 0 Å². The molecule has 1 aromatic carbocycles. The minimum absolute atomic E-state index is 0.0508. The predicted molar refractivity (Wildman–Crippen MR) is 146 cm³/mol. The third-order valence-electron chi connectivity index (χ3n) is 5.90. The molecule has 1 aliphatic heterocycles. The Kier molecular flexibility index (Phi) is 10.7. The zero-order chi connectivity index (χ0) is 26.6. The molecule has 2 heterocycles. The lowest BCUT2D eigenvalue weighted by molar-refractivity contribution is -0.138. The number of aromatic nitrogens is 1. The number of anilines is 2. The molecule has 0 unspecified atom stereocenters. The van der Waals surface area contributed by atoms with E-state index in [1.54, 1.807) is 18.3 Å². The van der Waals surface area contributed by atoms with Crippen molar-refractivity contribution in [3.05, 3.63) is 59.5 Å². The first kappa shape index (κ1) is 27.9. The number of carboxylic acid groups (broad SMARTS) is 1. The van der Waals surface area contributed by atoms with Gasteiger partial charge in [-0.3, -0.25) is 14.6 Å². The van der Waals surface area contributed by atoms with Gasteiger partial charge < -0.3 is 21.5 Å². The highest BCUT2D eigenvalue weighted by atomic mass is 19.1. The second-order valence-corrected chi connectivity index (χ2v) is 8.65. The number of piperazine rings is 1. The number of nitrogens with one attached hydrogen (secondary N) is 2. The highest BCUT2D eigenvalue weighted by molar-refractivity contribution is 5.99. The number of guanidine groups is 1. The van der Waals surface area contributed by atoms with Gasteiger partial charge in [-0.1, -0.05) is 12.1 Å². The van der Waals surface area contributed by atoms with E-state index in [0.29, 0.717) is 31.9 Å². The molecule has 10 nitrogen and oxygen atoms in total. The highest BCUT2D eigenvalue weighted by Crippen LogP contribution is 2.21. The van der Waals surface area contributed by atoms with Crippen LogP contribution >= 0.6 is 0 Å². The van der Waals surface area contributed by atoms with Gasteiger partial charge in [-0.2, -0.15) is 0 Å². The van der Waals surface area contributed by atoms with Crippen molar-refractivity contribution in [1.82, 2.24) is 14.8 Å². The molecule has 0 bridgehead atoms. The van der Waals surface area contributed by atoms with E-state index in [2.05, 4.69) is 37.2 Å². The van der Waals surface area contributed by atoms with Crippen LogP contribution in [0.25, 0.3) is 5.70 Å². The number of aliphatic imine (C=N–C) groups is 2. The Labute approximate surface area is 216 Å². The fourth-order valence-electron chi connectivity index (χ4n) is 3.92. The molecule has 3 rings (SSSR count). The maximum absolute atomic E-state index is 14.6. The summed E-state index contributed by atoms with van der Waals surface area (Å²) in [6, 6.07) is 8.65. The summed E-state index contributed by atoms with van der Waals surface area (Å²) in [7, 11) is 0. The molecule has 11 heteroatoms. The van der Waals surface area contributed by atoms with E-state index in [9.17, 15) is 9.18 Å². The van der Waals surface area contributed by atoms with Crippen LogP contribution in [-0.2, 0) is 11.3 Å². The van der Waals surface area contributed by atoms with Gasteiger partial charge in [-0.25, -0.2) is 19.4 Å². The van der Waals surface area contributed by atoms with Gasteiger partial charge in [0.25, 0.3) is 0 Å².